The van der Waals surface area contributed by atoms with Crippen LogP contribution in [0.4, 0.5) is 0 Å². The molecule has 0 bridgehead atoms. The van der Waals surface area contributed by atoms with E-state index in [0.717, 1.165) is 24.0 Å². The van der Waals surface area contributed by atoms with Gasteiger partial charge in [0.1, 0.15) is 6.61 Å². The zero-order chi connectivity index (χ0) is 12.0. The molecule has 0 spiro atoms. The van der Waals surface area contributed by atoms with Gasteiger partial charge in [0.05, 0.1) is 0 Å². The van der Waals surface area contributed by atoms with Gasteiger partial charge in [-0.2, -0.15) is 0 Å². The first-order chi connectivity index (χ1) is 7.63. The molecule has 3 nitrogen and oxygen atoms in total. The highest BCUT2D eigenvalue weighted by Crippen LogP contribution is 2.21. The standard InChI is InChI=1S/C12H15ClO3/c1-9(14)16-8-11(3-2-6-13)10-4-5-12(15)7-10/h4-5H,2-3,6-8H2,1H3/b11-10+. The van der Waals surface area contributed by atoms with Crippen LogP contribution in [0.15, 0.2) is 23.3 Å². The molecule has 0 aromatic carbocycles. The molecule has 0 aromatic heterocycles. The Balaban J connectivity index is 2.66. The van der Waals surface area contributed by atoms with Gasteiger partial charge in [0.25, 0.3) is 0 Å². The van der Waals surface area contributed by atoms with Crippen LogP contribution in [-0.4, -0.2) is 24.2 Å². The maximum Gasteiger partial charge on any atom is 0.302 e. The number of hydrogen-bond donors (Lipinski definition) is 0. The average Bonchev–Trinajstić information content (AvgIpc) is 2.64. The number of halogens is 1. The highest BCUT2D eigenvalue weighted by atomic mass is 35.5. The molecular formula is C12H15ClO3. The van der Waals surface area contributed by atoms with Crippen LogP contribution in [-0.2, 0) is 14.3 Å². The van der Waals surface area contributed by atoms with E-state index >= 15 is 0 Å². The van der Waals surface area contributed by atoms with E-state index in [0.29, 0.717) is 12.3 Å². The molecule has 0 amide bonds. The van der Waals surface area contributed by atoms with Crippen molar-refractivity contribution in [2.45, 2.75) is 26.2 Å². The number of esters is 1. The summed E-state index contributed by atoms with van der Waals surface area (Å²) in [5.41, 5.74) is 1.97. The van der Waals surface area contributed by atoms with Crippen LogP contribution in [0.25, 0.3) is 0 Å². The minimum absolute atomic E-state index is 0.0983. The summed E-state index contributed by atoms with van der Waals surface area (Å²) in [6.45, 7) is 1.64. The second-order valence-electron chi connectivity index (χ2n) is 3.68. The predicted octanol–water partition coefficient (Wildman–Crippen LogP) is 2.39. The summed E-state index contributed by atoms with van der Waals surface area (Å²) >= 11 is 5.63. The Kier molecular flexibility index (Phi) is 5.26. The normalized spacial score (nSPS) is 17.8. The lowest BCUT2D eigenvalue weighted by molar-refractivity contribution is -0.140. The highest BCUT2D eigenvalue weighted by Gasteiger charge is 2.14. The second kappa shape index (κ2) is 6.48. The van der Waals surface area contributed by atoms with E-state index in [1.54, 1.807) is 12.2 Å². The molecule has 0 saturated carbocycles. The van der Waals surface area contributed by atoms with Crippen molar-refractivity contribution in [2.24, 2.45) is 0 Å². The van der Waals surface area contributed by atoms with Crippen LogP contribution >= 0.6 is 11.6 Å². The Hall–Kier alpha value is -1.09. The number of allylic oxidation sites excluding steroid dienone is 3. The molecule has 0 heterocycles. The van der Waals surface area contributed by atoms with Crippen LogP contribution in [0.3, 0.4) is 0 Å². The molecule has 1 aliphatic rings. The number of carbonyl (C=O) groups excluding carboxylic acids is 2. The van der Waals surface area contributed by atoms with Crippen molar-refractivity contribution in [1.29, 1.82) is 0 Å². The van der Waals surface area contributed by atoms with E-state index in [1.807, 2.05) is 0 Å². The molecular weight excluding hydrogens is 228 g/mol. The average molecular weight is 243 g/mol. The summed E-state index contributed by atoms with van der Waals surface area (Å²) in [4.78, 5) is 21.9. The minimum atomic E-state index is -0.308. The Morgan fingerprint density at radius 2 is 2.25 bits per heavy atom. The van der Waals surface area contributed by atoms with Gasteiger partial charge < -0.3 is 4.74 Å². The number of alkyl halides is 1. The Labute approximate surface area is 100 Å². The van der Waals surface area contributed by atoms with E-state index in [4.69, 9.17) is 16.3 Å². The Morgan fingerprint density at radius 1 is 1.50 bits per heavy atom. The fraction of sp³-hybridized carbons (Fsp3) is 0.500. The predicted molar refractivity (Wildman–Crippen MR) is 62.4 cm³/mol. The van der Waals surface area contributed by atoms with Crippen molar-refractivity contribution in [1.82, 2.24) is 0 Å². The van der Waals surface area contributed by atoms with Gasteiger partial charge in [0.15, 0.2) is 5.78 Å². The van der Waals surface area contributed by atoms with Crippen molar-refractivity contribution in [2.75, 3.05) is 12.5 Å². The fourth-order valence-corrected chi connectivity index (χ4v) is 1.67. The summed E-state index contributed by atoms with van der Waals surface area (Å²) < 4.78 is 4.96. The number of ether oxygens (including phenoxy) is 1. The first-order valence-electron chi connectivity index (χ1n) is 5.24. The van der Waals surface area contributed by atoms with Crippen molar-refractivity contribution >= 4 is 23.4 Å². The highest BCUT2D eigenvalue weighted by molar-refractivity contribution is 6.17. The summed E-state index contributed by atoms with van der Waals surface area (Å²) in [7, 11) is 0. The molecule has 0 saturated heterocycles. The largest absolute Gasteiger partial charge is 0.461 e. The molecule has 0 radical (unpaired) electrons. The molecule has 1 rings (SSSR count). The minimum Gasteiger partial charge on any atom is -0.461 e. The van der Waals surface area contributed by atoms with Gasteiger partial charge in [0, 0.05) is 19.2 Å². The van der Waals surface area contributed by atoms with Crippen molar-refractivity contribution in [3.8, 4) is 0 Å². The maximum absolute atomic E-state index is 11.1. The molecule has 0 atom stereocenters. The van der Waals surface area contributed by atoms with Gasteiger partial charge in [-0.25, -0.2) is 0 Å². The zero-order valence-electron chi connectivity index (χ0n) is 9.29. The molecule has 0 unspecified atom stereocenters. The lowest BCUT2D eigenvalue weighted by atomic mass is 10.0. The third-order valence-electron chi connectivity index (χ3n) is 2.35. The molecule has 0 N–H and O–H groups in total. The first-order valence-corrected chi connectivity index (χ1v) is 5.78. The van der Waals surface area contributed by atoms with Crippen molar-refractivity contribution in [3.05, 3.63) is 23.3 Å². The molecule has 16 heavy (non-hydrogen) atoms. The van der Waals surface area contributed by atoms with Gasteiger partial charge in [0.2, 0.25) is 0 Å². The number of carbonyl (C=O) groups is 2. The Bertz CT molecular complexity index is 342. The molecule has 0 aromatic rings. The molecule has 0 aliphatic heterocycles. The third kappa shape index (κ3) is 4.19. The van der Waals surface area contributed by atoms with Crippen LogP contribution in [0.2, 0.25) is 0 Å². The van der Waals surface area contributed by atoms with Crippen LogP contribution in [0.1, 0.15) is 26.2 Å². The fourth-order valence-electron chi connectivity index (χ4n) is 1.54. The summed E-state index contributed by atoms with van der Waals surface area (Å²) in [5, 5.41) is 0. The monoisotopic (exact) mass is 242 g/mol. The van der Waals surface area contributed by atoms with Crippen molar-refractivity contribution in [3.63, 3.8) is 0 Å². The molecule has 88 valence electrons. The SMILES string of the molecule is CC(=O)OC/C(CCCCl)=C1\C=CC(=O)C1. The van der Waals surface area contributed by atoms with Crippen LogP contribution in [0, 0.1) is 0 Å². The Morgan fingerprint density at radius 3 is 2.75 bits per heavy atom. The van der Waals surface area contributed by atoms with Gasteiger partial charge >= 0.3 is 5.97 Å². The van der Waals surface area contributed by atoms with E-state index in [2.05, 4.69) is 0 Å². The lowest BCUT2D eigenvalue weighted by Crippen LogP contribution is -2.06. The van der Waals surface area contributed by atoms with E-state index in [9.17, 15) is 9.59 Å². The van der Waals surface area contributed by atoms with E-state index < -0.39 is 0 Å². The molecule has 1 aliphatic carbocycles. The van der Waals surface area contributed by atoms with Gasteiger partial charge in [-0.3, -0.25) is 9.59 Å². The molecule has 0 fully saturated rings. The van der Waals surface area contributed by atoms with E-state index in [-0.39, 0.29) is 18.4 Å². The van der Waals surface area contributed by atoms with E-state index in [1.165, 1.54) is 6.92 Å². The summed E-state index contributed by atoms with van der Waals surface area (Å²) in [6, 6.07) is 0. The van der Waals surface area contributed by atoms with Gasteiger partial charge in [-0.1, -0.05) is 6.08 Å². The zero-order valence-corrected chi connectivity index (χ0v) is 10.0. The molecule has 4 heteroatoms. The van der Waals surface area contributed by atoms with Crippen LogP contribution < -0.4 is 0 Å². The second-order valence-corrected chi connectivity index (χ2v) is 4.06. The summed E-state index contributed by atoms with van der Waals surface area (Å²) in [6.07, 6.45) is 5.37. The summed E-state index contributed by atoms with van der Waals surface area (Å²) in [5.74, 6) is 0.354. The number of rotatable bonds is 5. The topological polar surface area (TPSA) is 43.4 Å². The number of hydrogen-bond acceptors (Lipinski definition) is 3. The smallest absolute Gasteiger partial charge is 0.302 e. The quantitative estimate of drug-likeness (QED) is 0.549. The van der Waals surface area contributed by atoms with Gasteiger partial charge in [-0.15, -0.1) is 11.6 Å². The third-order valence-corrected chi connectivity index (χ3v) is 2.62. The maximum atomic E-state index is 11.1. The number of ketones is 1. The van der Waals surface area contributed by atoms with Crippen LogP contribution in [0.5, 0.6) is 0 Å². The van der Waals surface area contributed by atoms with Crippen molar-refractivity contribution < 1.29 is 14.3 Å². The first kappa shape index (κ1) is 13.0. The lowest BCUT2D eigenvalue weighted by Gasteiger charge is -2.09. The van der Waals surface area contributed by atoms with Gasteiger partial charge in [-0.05, 0) is 30.1 Å².